The first-order chi connectivity index (χ1) is 20.7. The maximum absolute atomic E-state index is 5.30. The molecular weight excluding hydrogens is 534 g/mol. The van der Waals surface area contributed by atoms with Gasteiger partial charge in [-0.2, -0.15) is 0 Å². The van der Waals surface area contributed by atoms with Crippen LogP contribution in [0, 0.1) is 0 Å². The zero-order valence-electron chi connectivity index (χ0n) is 23.3. The van der Waals surface area contributed by atoms with Crippen LogP contribution in [0.3, 0.4) is 0 Å². The summed E-state index contributed by atoms with van der Waals surface area (Å²) in [4.78, 5) is 6.28. The molecule has 0 N–H and O–H groups in total. The molecule has 0 bridgehead atoms. The normalized spacial score (nSPS) is 11.8. The van der Waals surface area contributed by atoms with E-state index in [4.69, 9.17) is 4.98 Å². The Kier molecular flexibility index (Phi) is 5.76. The van der Waals surface area contributed by atoms with Crippen molar-refractivity contribution >= 4 is 42.8 Å². The number of para-hydroxylation sites is 2. The van der Waals surface area contributed by atoms with Crippen molar-refractivity contribution in [2.24, 2.45) is 0 Å². The number of hydrogen-bond donors (Lipinski definition) is 0. The molecule has 5 aromatic carbocycles. The van der Waals surface area contributed by atoms with E-state index in [1.54, 1.807) is 11.3 Å². The lowest BCUT2D eigenvalue weighted by atomic mass is 9.99. The summed E-state index contributed by atoms with van der Waals surface area (Å²) in [7, 11) is 0. The number of fused-ring (bicyclic) bond motifs is 4. The predicted molar refractivity (Wildman–Crippen MR) is 174 cm³/mol. The van der Waals surface area contributed by atoms with Gasteiger partial charge in [-0.3, -0.25) is 4.57 Å². The highest BCUT2D eigenvalue weighted by Gasteiger charge is 2.21. The largest absolute Gasteiger partial charge is 0.292 e. The highest BCUT2D eigenvalue weighted by Crippen LogP contribution is 2.41. The van der Waals surface area contributed by atoms with Crippen LogP contribution in [-0.4, -0.2) is 24.5 Å². The number of nitrogens with zero attached hydrogens (tertiary/aromatic N) is 5. The first-order valence-electron chi connectivity index (χ1n) is 14.2. The van der Waals surface area contributed by atoms with Crippen LogP contribution in [0.2, 0.25) is 0 Å². The van der Waals surface area contributed by atoms with Gasteiger partial charge < -0.3 is 0 Å². The second-order valence-electron chi connectivity index (χ2n) is 10.8. The van der Waals surface area contributed by atoms with E-state index in [-0.39, 0.29) is 6.04 Å². The third kappa shape index (κ3) is 3.87. The van der Waals surface area contributed by atoms with Gasteiger partial charge in [-0.15, -0.1) is 16.4 Å². The molecule has 0 atom stereocenters. The van der Waals surface area contributed by atoms with Crippen molar-refractivity contribution in [1.82, 2.24) is 24.5 Å². The molecule has 0 spiro atoms. The van der Waals surface area contributed by atoms with Crippen LogP contribution in [0.5, 0.6) is 0 Å². The molecule has 5 nitrogen and oxygen atoms in total. The topological polar surface area (TPSA) is 48.5 Å². The quantitative estimate of drug-likeness (QED) is 0.210. The van der Waals surface area contributed by atoms with Crippen molar-refractivity contribution in [2.75, 3.05) is 0 Å². The lowest BCUT2D eigenvalue weighted by Crippen LogP contribution is -2.02. The van der Waals surface area contributed by atoms with E-state index in [0.29, 0.717) is 0 Å². The number of imidazole rings is 1. The fraction of sp³-hybridized carbons (Fsp3) is 0.0833. The van der Waals surface area contributed by atoms with E-state index in [0.717, 1.165) is 55.1 Å². The van der Waals surface area contributed by atoms with Crippen LogP contribution in [0.1, 0.15) is 19.9 Å². The van der Waals surface area contributed by atoms with Crippen LogP contribution in [0.4, 0.5) is 0 Å². The molecule has 8 rings (SSSR count). The van der Waals surface area contributed by atoms with Gasteiger partial charge in [0.1, 0.15) is 11.3 Å². The maximum Gasteiger partial charge on any atom is 0.167 e. The summed E-state index contributed by atoms with van der Waals surface area (Å²) in [5.41, 5.74) is 9.92. The molecular formula is C36H27N5S. The van der Waals surface area contributed by atoms with E-state index < -0.39 is 0 Å². The zero-order chi connectivity index (χ0) is 28.2. The number of aromatic nitrogens is 5. The Bertz CT molecular complexity index is 2220. The van der Waals surface area contributed by atoms with Crippen LogP contribution in [0.25, 0.3) is 70.8 Å². The highest BCUT2D eigenvalue weighted by molar-refractivity contribution is 7.25. The van der Waals surface area contributed by atoms with Crippen molar-refractivity contribution in [3.8, 4) is 39.3 Å². The molecule has 0 radical (unpaired) electrons. The summed E-state index contributed by atoms with van der Waals surface area (Å²) in [6, 6.07) is 43.1. The lowest BCUT2D eigenvalue weighted by Gasteiger charge is -2.15. The number of thiophene rings is 1. The molecule has 0 unspecified atom stereocenters. The minimum absolute atomic E-state index is 0.228. The molecule has 0 amide bonds. The first kappa shape index (κ1) is 24.7. The van der Waals surface area contributed by atoms with Gasteiger partial charge in [0.05, 0.1) is 11.0 Å². The lowest BCUT2D eigenvalue weighted by molar-refractivity contribution is 0.531. The second-order valence-corrected chi connectivity index (χ2v) is 11.8. The van der Waals surface area contributed by atoms with Crippen molar-refractivity contribution in [2.45, 2.75) is 19.9 Å². The third-order valence-electron chi connectivity index (χ3n) is 7.85. The fourth-order valence-electron chi connectivity index (χ4n) is 5.94. The Labute approximate surface area is 247 Å². The molecule has 8 aromatic rings. The highest BCUT2D eigenvalue weighted by atomic mass is 32.1. The molecule has 6 heteroatoms. The summed E-state index contributed by atoms with van der Waals surface area (Å²) in [5, 5.41) is 10.1. The van der Waals surface area contributed by atoms with Gasteiger partial charge in [-0.05, 0) is 60.9 Å². The molecule has 0 fully saturated rings. The molecule has 3 heterocycles. The van der Waals surface area contributed by atoms with Crippen molar-refractivity contribution in [1.29, 1.82) is 0 Å². The molecule has 0 aliphatic rings. The summed E-state index contributed by atoms with van der Waals surface area (Å²) in [5.74, 6) is 0.921. The smallest absolute Gasteiger partial charge is 0.167 e. The summed E-state index contributed by atoms with van der Waals surface area (Å²) >= 11 is 1.70. The standard InChI is InChI=1S/C36H27N5S/c1-23(2)41-34-30-22-25(20-21-32(30)42-36(34)38-39-41)28-18-11-19-31-33(28)40(26-14-7-4-8-15-26)35(37-31)29-17-10-9-16-27(29)24-12-5-3-6-13-24/h3-23H,1-2H3. The van der Waals surface area contributed by atoms with Crippen LogP contribution < -0.4 is 0 Å². The summed E-state index contributed by atoms with van der Waals surface area (Å²) in [6.45, 7) is 4.30. The number of benzene rings is 5. The number of rotatable bonds is 5. The third-order valence-corrected chi connectivity index (χ3v) is 8.89. The van der Waals surface area contributed by atoms with E-state index in [9.17, 15) is 0 Å². The van der Waals surface area contributed by atoms with E-state index in [1.165, 1.54) is 15.6 Å². The van der Waals surface area contributed by atoms with Gasteiger partial charge in [0.2, 0.25) is 0 Å². The van der Waals surface area contributed by atoms with Crippen LogP contribution >= 0.6 is 11.3 Å². The fourth-order valence-corrected chi connectivity index (χ4v) is 6.93. The van der Waals surface area contributed by atoms with Gasteiger partial charge in [-0.1, -0.05) is 96.2 Å². The molecule has 0 aliphatic heterocycles. The molecule has 42 heavy (non-hydrogen) atoms. The average Bonchev–Trinajstić information content (AvgIpc) is 3.73. The average molecular weight is 562 g/mol. The molecule has 0 aliphatic carbocycles. The van der Waals surface area contributed by atoms with Crippen molar-refractivity contribution < 1.29 is 0 Å². The van der Waals surface area contributed by atoms with Gasteiger partial charge in [-0.25, -0.2) is 9.67 Å². The van der Waals surface area contributed by atoms with E-state index in [1.807, 2.05) is 4.68 Å². The molecule has 202 valence electrons. The minimum atomic E-state index is 0.228. The Hall–Kier alpha value is -5.07. The van der Waals surface area contributed by atoms with Gasteiger partial charge in [0.15, 0.2) is 4.83 Å². The molecule has 0 saturated carbocycles. The van der Waals surface area contributed by atoms with E-state index >= 15 is 0 Å². The van der Waals surface area contributed by atoms with Crippen LogP contribution in [-0.2, 0) is 0 Å². The maximum atomic E-state index is 5.30. The summed E-state index contributed by atoms with van der Waals surface area (Å²) < 4.78 is 5.57. The Morgan fingerprint density at radius 3 is 2.14 bits per heavy atom. The number of hydrogen-bond acceptors (Lipinski definition) is 4. The molecule has 3 aromatic heterocycles. The summed E-state index contributed by atoms with van der Waals surface area (Å²) in [6.07, 6.45) is 0. The van der Waals surface area contributed by atoms with E-state index in [2.05, 4.69) is 150 Å². The Morgan fingerprint density at radius 2 is 1.36 bits per heavy atom. The Morgan fingerprint density at radius 1 is 0.643 bits per heavy atom. The van der Waals surface area contributed by atoms with Crippen molar-refractivity contribution in [3.63, 3.8) is 0 Å². The SMILES string of the molecule is CC(C)n1nnc2sc3ccc(-c4cccc5nc(-c6ccccc6-c6ccccc6)n(-c6ccccc6)c45)cc3c21. The second kappa shape index (κ2) is 9.79. The minimum Gasteiger partial charge on any atom is -0.292 e. The Balaban J connectivity index is 1.42. The van der Waals surface area contributed by atoms with Crippen LogP contribution in [0.15, 0.2) is 121 Å². The zero-order valence-corrected chi connectivity index (χ0v) is 24.1. The van der Waals surface area contributed by atoms with Gasteiger partial charge in [0.25, 0.3) is 0 Å². The predicted octanol–water partition coefficient (Wildman–Crippen LogP) is 9.57. The van der Waals surface area contributed by atoms with Gasteiger partial charge in [0, 0.05) is 32.9 Å². The molecule has 0 saturated heterocycles. The first-order valence-corrected chi connectivity index (χ1v) is 15.0. The van der Waals surface area contributed by atoms with Gasteiger partial charge >= 0.3 is 0 Å². The monoisotopic (exact) mass is 561 g/mol. The van der Waals surface area contributed by atoms with Crippen molar-refractivity contribution in [3.05, 3.63) is 121 Å².